The van der Waals surface area contributed by atoms with E-state index in [4.69, 9.17) is 0 Å². The summed E-state index contributed by atoms with van der Waals surface area (Å²) >= 11 is 0. The first kappa shape index (κ1) is 22.9. The Morgan fingerprint density at radius 1 is 1.03 bits per heavy atom. The minimum Gasteiger partial charge on any atom is -0.505 e. The van der Waals surface area contributed by atoms with Crippen molar-refractivity contribution in [3.05, 3.63) is 71.8 Å². The van der Waals surface area contributed by atoms with Crippen molar-refractivity contribution >= 4 is 28.7 Å². The van der Waals surface area contributed by atoms with Gasteiger partial charge < -0.3 is 5.11 Å². The van der Waals surface area contributed by atoms with Gasteiger partial charge in [-0.05, 0) is 71.7 Å². The third kappa shape index (κ3) is 4.20. The summed E-state index contributed by atoms with van der Waals surface area (Å²) in [5.74, 6) is 0.198. The number of benzene rings is 3. The second-order valence-corrected chi connectivity index (χ2v) is 8.39. The highest BCUT2D eigenvalue weighted by Gasteiger charge is 2.32. The molecule has 0 fully saturated rings. The van der Waals surface area contributed by atoms with E-state index < -0.39 is 0 Å². The summed E-state index contributed by atoms with van der Waals surface area (Å²) < 4.78 is 0. The molecule has 0 saturated heterocycles. The molecule has 0 bridgehead atoms. The van der Waals surface area contributed by atoms with Crippen LogP contribution < -0.4 is 10.4 Å². The van der Waals surface area contributed by atoms with E-state index in [1.807, 2.05) is 63.2 Å². The molecule has 1 amide bonds. The first-order chi connectivity index (χ1) is 17.5. The van der Waals surface area contributed by atoms with Crippen LogP contribution in [0.5, 0.6) is 5.75 Å². The molecule has 1 aliphatic heterocycles. The fourth-order valence-corrected chi connectivity index (χ4v) is 3.92. The zero-order valence-electron chi connectivity index (χ0n) is 20.0. The van der Waals surface area contributed by atoms with Crippen LogP contribution in [0.4, 0.5) is 11.4 Å². The van der Waals surface area contributed by atoms with Crippen LogP contribution in [0.2, 0.25) is 0 Å². The Labute approximate surface area is 207 Å². The molecule has 3 aromatic carbocycles. The van der Waals surface area contributed by atoms with Crippen LogP contribution in [0.15, 0.2) is 70.9 Å². The molecule has 0 spiro atoms. The number of aromatic amines is 1. The van der Waals surface area contributed by atoms with Crippen LogP contribution in [0.3, 0.4) is 0 Å². The normalized spacial score (nSPS) is 14.4. The molecule has 0 aliphatic carbocycles. The third-order valence-corrected chi connectivity index (χ3v) is 6.08. The number of aromatic hydroxyl groups is 1. The van der Waals surface area contributed by atoms with Gasteiger partial charge in [0.25, 0.3) is 0 Å². The summed E-state index contributed by atoms with van der Waals surface area (Å²) in [6.07, 6.45) is 0.531. The second-order valence-electron chi connectivity index (χ2n) is 8.39. The predicted octanol–water partition coefficient (Wildman–Crippen LogP) is 4.44. The lowest BCUT2D eigenvalue weighted by molar-refractivity contribution is -0.112. The van der Waals surface area contributed by atoms with Crippen molar-refractivity contribution in [2.45, 2.75) is 27.2 Å². The van der Waals surface area contributed by atoms with Crippen molar-refractivity contribution in [3.8, 4) is 28.3 Å². The van der Waals surface area contributed by atoms with Crippen molar-refractivity contribution in [2.75, 3.05) is 10.4 Å². The number of hydrogen-bond acceptors (Lipinski definition) is 8. The van der Waals surface area contributed by atoms with E-state index in [1.165, 1.54) is 5.01 Å². The Kier molecular flexibility index (Phi) is 5.99. The fraction of sp³-hybridized carbons (Fsp3) is 0.154. The number of phenols is 1. The maximum Gasteiger partial charge on any atom is 0.301 e. The Balaban J connectivity index is 1.43. The van der Waals surface area contributed by atoms with Gasteiger partial charge in [-0.15, -0.1) is 5.10 Å². The number of carbonyl (C=O) groups excluding carboxylic acids is 1. The molecule has 180 valence electrons. The number of para-hydroxylation sites is 1. The van der Waals surface area contributed by atoms with Gasteiger partial charge in [-0.1, -0.05) is 43.3 Å². The predicted molar refractivity (Wildman–Crippen MR) is 139 cm³/mol. The van der Waals surface area contributed by atoms with Gasteiger partial charge in [0.05, 0.1) is 17.1 Å². The number of phenolic OH excluding ortho intramolecular Hbond substituents is 1. The van der Waals surface area contributed by atoms with Crippen LogP contribution >= 0.6 is 0 Å². The minimum atomic E-state index is -0.327. The zero-order chi connectivity index (χ0) is 25.2. The van der Waals surface area contributed by atoms with Crippen LogP contribution in [0.1, 0.15) is 24.5 Å². The van der Waals surface area contributed by atoms with E-state index in [-0.39, 0.29) is 17.4 Å². The molecular weight excluding hydrogens is 456 g/mol. The largest absolute Gasteiger partial charge is 0.505 e. The number of H-pyrrole nitrogens is 1. The maximum absolute atomic E-state index is 13.2. The third-order valence-electron chi connectivity index (χ3n) is 6.08. The summed E-state index contributed by atoms with van der Waals surface area (Å²) in [5, 5.41) is 35.1. The summed E-state index contributed by atoms with van der Waals surface area (Å²) in [7, 11) is 0. The van der Waals surface area contributed by atoms with E-state index >= 15 is 0 Å². The molecule has 5 rings (SSSR count). The van der Waals surface area contributed by atoms with E-state index in [0.717, 1.165) is 22.3 Å². The fourth-order valence-electron chi connectivity index (χ4n) is 3.92. The zero-order valence-corrected chi connectivity index (χ0v) is 20.0. The number of anilines is 2. The number of rotatable bonds is 6. The molecule has 2 heterocycles. The van der Waals surface area contributed by atoms with Gasteiger partial charge in [-0.25, -0.2) is 5.10 Å². The highest BCUT2D eigenvalue weighted by molar-refractivity contribution is 6.71. The molecule has 3 N–H and O–H groups in total. The van der Waals surface area contributed by atoms with Crippen molar-refractivity contribution in [2.24, 2.45) is 10.2 Å². The van der Waals surface area contributed by atoms with Gasteiger partial charge in [-0.3, -0.25) is 10.2 Å². The lowest BCUT2D eigenvalue weighted by Crippen LogP contribution is -2.28. The van der Waals surface area contributed by atoms with Gasteiger partial charge >= 0.3 is 5.91 Å². The van der Waals surface area contributed by atoms with Crippen LogP contribution in [-0.4, -0.2) is 43.1 Å². The Hall–Kier alpha value is -4.86. The Morgan fingerprint density at radius 2 is 1.83 bits per heavy atom. The Morgan fingerprint density at radius 3 is 2.58 bits per heavy atom. The Bertz CT molecular complexity index is 1510. The maximum atomic E-state index is 13.2. The molecule has 0 saturated carbocycles. The first-order valence-corrected chi connectivity index (χ1v) is 11.5. The number of aryl methyl sites for hydroxylation is 2. The molecule has 0 radical (unpaired) electrons. The molecule has 10 nitrogen and oxygen atoms in total. The average molecular weight is 481 g/mol. The highest BCUT2D eigenvalue weighted by atomic mass is 16.3. The number of hydrazone groups is 2. The molecule has 36 heavy (non-hydrogen) atoms. The molecule has 4 aromatic rings. The number of hydrogen-bond donors (Lipinski definition) is 3. The summed E-state index contributed by atoms with van der Waals surface area (Å²) in [5.41, 5.74) is 9.04. The van der Waals surface area contributed by atoms with E-state index in [2.05, 4.69) is 36.3 Å². The van der Waals surface area contributed by atoms with Crippen LogP contribution in [0, 0.1) is 13.8 Å². The number of aromatic nitrogens is 4. The number of nitrogens with zero attached hydrogens (tertiary/aromatic N) is 6. The average Bonchev–Trinajstić information content (AvgIpc) is 3.54. The van der Waals surface area contributed by atoms with Crippen molar-refractivity contribution < 1.29 is 9.90 Å². The van der Waals surface area contributed by atoms with Crippen LogP contribution in [0.25, 0.3) is 22.5 Å². The topological polar surface area (TPSA) is 132 Å². The van der Waals surface area contributed by atoms with Crippen LogP contribution in [-0.2, 0) is 4.79 Å². The van der Waals surface area contributed by atoms with Gasteiger partial charge in [0.2, 0.25) is 0 Å². The summed E-state index contributed by atoms with van der Waals surface area (Å²) in [4.78, 5) is 13.2. The minimum absolute atomic E-state index is 0.00106. The number of tetrazole rings is 1. The first-order valence-electron chi connectivity index (χ1n) is 11.5. The second kappa shape index (κ2) is 9.41. The van der Waals surface area contributed by atoms with Crippen molar-refractivity contribution in [3.63, 3.8) is 0 Å². The van der Waals surface area contributed by atoms with Gasteiger partial charge in [0, 0.05) is 11.1 Å². The smallest absolute Gasteiger partial charge is 0.301 e. The number of carbonyl (C=O) groups is 1. The quantitative estimate of drug-likeness (QED) is 0.276. The number of amides is 1. The standard InChI is InChI=1S/C26H24N8O2/c1-4-21-23(26(36)34(31-21)19-12-11-15(2)16(3)13-19)28-27-22-10-6-9-20(24(22)35)17-7-5-8-18(14-17)25-29-32-33-30-25/h5-14,27,35H,4H2,1-3H3,(H,29,30,32,33)/b28-23-. The van der Waals surface area contributed by atoms with E-state index in [1.54, 1.807) is 18.2 Å². The lowest BCUT2D eigenvalue weighted by Gasteiger charge is -2.13. The molecular formula is C26H24N8O2. The molecule has 0 atom stereocenters. The SMILES string of the molecule is CCC1=NN(c2ccc(C)c(C)c2)C(=O)/C1=N\Nc1cccc(-c2cccc(-c3nnn[nH]3)c2)c1O. The van der Waals surface area contributed by atoms with E-state index in [9.17, 15) is 9.90 Å². The summed E-state index contributed by atoms with van der Waals surface area (Å²) in [6.45, 7) is 5.93. The van der Waals surface area contributed by atoms with Gasteiger partial charge in [0.1, 0.15) is 5.75 Å². The molecule has 0 unspecified atom stereocenters. The highest BCUT2D eigenvalue weighted by Crippen LogP contribution is 2.36. The molecule has 1 aromatic heterocycles. The van der Waals surface area contributed by atoms with Crippen molar-refractivity contribution in [1.29, 1.82) is 0 Å². The lowest BCUT2D eigenvalue weighted by atomic mass is 10.0. The molecule has 1 aliphatic rings. The van der Waals surface area contributed by atoms with Gasteiger partial charge in [-0.2, -0.15) is 15.2 Å². The van der Waals surface area contributed by atoms with Crippen molar-refractivity contribution in [1.82, 2.24) is 20.6 Å². The monoisotopic (exact) mass is 480 g/mol. The van der Waals surface area contributed by atoms with E-state index in [0.29, 0.717) is 34.9 Å². The van der Waals surface area contributed by atoms with Gasteiger partial charge in [0.15, 0.2) is 11.5 Å². The summed E-state index contributed by atoms with van der Waals surface area (Å²) in [6, 6.07) is 18.5. The molecule has 10 heteroatoms. The number of nitrogens with one attached hydrogen (secondary N) is 2.